The molecule has 2 aromatic heterocycles. The molecule has 2 amide bonds. The van der Waals surface area contributed by atoms with Gasteiger partial charge in [0, 0.05) is 57.6 Å². The highest BCUT2D eigenvalue weighted by molar-refractivity contribution is 6.33. The molecule has 2 heterocycles. The smallest absolute Gasteiger partial charge is 0.416 e. The summed E-state index contributed by atoms with van der Waals surface area (Å²) in [6.07, 6.45) is 0.976. The molecule has 11 heteroatoms. The van der Waals surface area contributed by atoms with E-state index >= 15 is 0 Å². The standard InChI is InChI=1S/C25H27ClF3N5O2/c1-5-18(11-13-34(4)24(35)33(2)3)36-21-15-31-22(16-6-8-17(9-7-16)25(27,28)29)23(32-21)19-10-12-30-14-20(19)26/h6-10,12,14-15,18H,5,11,13H2,1-4H3. The van der Waals surface area contributed by atoms with Gasteiger partial charge in [-0.15, -0.1) is 0 Å². The van der Waals surface area contributed by atoms with Crippen LogP contribution in [0.4, 0.5) is 18.0 Å². The lowest BCUT2D eigenvalue weighted by Crippen LogP contribution is -2.38. The molecule has 192 valence electrons. The van der Waals surface area contributed by atoms with Crippen molar-refractivity contribution in [1.29, 1.82) is 0 Å². The Bertz CT molecular complexity index is 1190. The Morgan fingerprint density at radius 3 is 2.36 bits per heavy atom. The minimum Gasteiger partial charge on any atom is -0.473 e. The normalized spacial score (nSPS) is 12.2. The third-order valence-electron chi connectivity index (χ3n) is 5.50. The van der Waals surface area contributed by atoms with E-state index in [2.05, 4.69) is 15.0 Å². The molecule has 0 N–H and O–H groups in total. The lowest BCUT2D eigenvalue weighted by atomic mass is 10.0. The molecule has 0 fully saturated rings. The molecule has 0 aliphatic rings. The molecule has 0 bridgehead atoms. The van der Waals surface area contributed by atoms with Gasteiger partial charge >= 0.3 is 12.2 Å². The van der Waals surface area contributed by atoms with Gasteiger partial charge in [-0.05, 0) is 24.6 Å². The van der Waals surface area contributed by atoms with Crippen molar-refractivity contribution in [3.8, 4) is 28.4 Å². The van der Waals surface area contributed by atoms with Gasteiger partial charge in [0.2, 0.25) is 5.88 Å². The highest BCUT2D eigenvalue weighted by Crippen LogP contribution is 2.36. The fraction of sp³-hybridized carbons (Fsp3) is 0.360. The summed E-state index contributed by atoms with van der Waals surface area (Å²) in [6.45, 7) is 2.44. The van der Waals surface area contributed by atoms with Crippen molar-refractivity contribution in [1.82, 2.24) is 24.8 Å². The van der Waals surface area contributed by atoms with Crippen LogP contribution in [0.25, 0.3) is 22.5 Å². The number of hydrogen-bond acceptors (Lipinski definition) is 5. The van der Waals surface area contributed by atoms with Gasteiger partial charge in [0.25, 0.3) is 0 Å². The van der Waals surface area contributed by atoms with Gasteiger partial charge in [-0.3, -0.25) is 4.98 Å². The van der Waals surface area contributed by atoms with Crippen molar-refractivity contribution in [2.75, 3.05) is 27.7 Å². The zero-order valence-electron chi connectivity index (χ0n) is 20.4. The summed E-state index contributed by atoms with van der Waals surface area (Å²) < 4.78 is 45.2. The van der Waals surface area contributed by atoms with Gasteiger partial charge in [-0.25, -0.2) is 14.8 Å². The van der Waals surface area contributed by atoms with Crippen LogP contribution < -0.4 is 4.74 Å². The van der Waals surface area contributed by atoms with Gasteiger partial charge in [-0.2, -0.15) is 13.2 Å². The van der Waals surface area contributed by atoms with E-state index in [1.807, 2.05) is 6.92 Å². The lowest BCUT2D eigenvalue weighted by Gasteiger charge is -2.24. The van der Waals surface area contributed by atoms with Crippen LogP contribution in [-0.2, 0) is 6.18 Å². The molecule has 0 saturated carbocycles. The van der Waals surface area contributed by atoms with E-state index in [1.165, 1.54) is 29.4 Å². The lowest BCUT2D eigenvalue weighted by molar-refractivity contribution is -0.137. The van der Waals surface area contributed by atoms with Crippen molar-refractivity contribution < 1.29 is 22.7 Å². The Labute approximate surface area is 212 Å². The molecule has 3 aromatic rings. The van der Waals surface area contributed by atoms with E-state index in [-0.39, 0.29) is 18.0 Å². The summed E-state index contributed by atoms with van der Waals surface area (Å²) in [4.78, 5) is 28.3. The topological polar surface area (TPSA) is 71.5 Å². The predicted molar refractivity (Wildman–Crippen MR) is 132 cm³/mol. The Morgan fingerprint density at radius 1 is 1.08 bits per heavy atom. The third kappa shape index (κ3) is 6.63. The molecule has 0 spiro atoms. The van der Waals surface area contributed by atoms with Gasteiger partial charge in [-0.1, -0.05) is 30.7 Å². The summed E-state index contributed by atoms with van der Waals surface area (Å²) in [5.74, 6) is 0.238. The van der Waals surface area contributed by atoms with E-state index in [0.717, 1.165) is 12.1 Å². The van der Waals surface area contributed by atoms with Crippen molar-refractivity contribution in [2.45, 2.75) is 32.0 Å². The van der Waals surface area contributed by atoms with Crippen LogP contribution in [-0.4, -0.2) is 64.6 Å². The Kier molecular flexibility index (Phi) is 8.73. The largest absolute Gasteiger partial charge is 0.473 e. The molecule has 36 heavy (non-hydrogen) atoms. The van der Waals surface area contributed by atoms with Crippen LogP contribution >= 0.6 is 11.6 Å². The number of urea groups is 1. The number of halogens is 4. The maximum Gasteiger partial charge on any atom is 0.416 e. The minimum absolute atomic E-state index is 0.111. The number of rotatable bonds is 8. The first-order chi connectivity index (χ1) is 17.0. The van der Waals surface area contributed by atoms with E-state index in [0.29, 0.717) is 46.9 Å². The highest BCUT2D eigenvalue weighted by atomic mass is 35.5. The molecular weight excluding hydrogens is 495 g/mol. The van der Waals surface area contributed by atoms with Gasteiger partial charge in [0.1, 0.15) is 11.8 Å². The molecule has 0 aliphatic carbocycles. The molecule has 1 atom stereocenters. The van der Waals surface area contributed by atoms with Crippen LogP contribution in [0.5, 0.6) is 5.88 Å². The minimum atomic E-state index is -4.44. The zero-order valence-corrected chi connectivity index (χ0v) is 21.1. The van der Waals surface area contributed by atoms with E-state index in [4.69, 9.17) is 16.3 Å². The van der Waals surface area contributed by atoms with Crippen molar-refractivity contribution in [2.24, 2.45) is 0 Å². The molecule has 7 nitrogen and oxygen atoms in total. The van der Waals surface area contributed by atoms with E-state index < -0.39 is 11.7 Å². The quantitative estimate of drug-likeness (QED) is 0.361. The first-order valence-electron chi connectivity index (χ1n) is 11.2. The maximum atomic E-state index is 13.0. The maximum absolute atomic E-state index is 13.0. The van der Waals surface area contributed by atoms with Crippen LogP contribution in [0, 0.1) is 0 Å². The monoisotopic (exact) mass is 521 g/mol. The second kappa shape index (κ2) is 11.6. The third-order valence-corrected chi connectivity index (χ3v) is 5.80. The van der Waals surface area contributed by atoms with Crippen LogP contribution in [0.15, 0.2) is 48.9 Å². The van der Waals surface area contributed by atoms with Crippen molar-refractivity contribution in [3.63, 3.8) is 0 Å². The summed E-state index contributed by atoms with van der Waals surface area (Å²) >= 11 is 6.37. The van der Waals surface area contributed by atoms with Gasteiger partial charge in [0.15, 0.2) is 0 Å². The van der Waals surface area contributed by atoms with Crippen LogP contribution in [0.1, 0.15) is 25.3 Å². The summed E-state index contributed by atoms with van der Waals surface area (Å²) in [7, 11) is 5.09. The second-order valence-electron chi connectivity index (χ2n) is 8.37. The Balaban J connectivity index is 1.92. The van der Waals surface area contributed by atoms with Crippen LogP contribution in [0.2, 0.25) is 5.02 Å². The van der Waals surface area contributed by atoms with Crippen molar-refractivity contribution in [3.05, 3.63) is 59.5 Å². The summed E-state index contributed by atoms with van der Waals surface area (Å²) in [6, 6.07) is 6.23. The Morgan fingerprint density at radius 2 is 1.78 bits per heavy atom. The number of carbonyl (C=O) groups excluding carboxylic acids is 1. The number of ether oxygens (including phenoxy) is 1. The molecule has 0 aliphatic heterocycles. The fourth-order valence-corrected chi connectivity index (χ4v) is 3.71. The van der Waals surface area contributed by atoms with Crippen LogP contribution in [0.3, 0.4) is 0 Å². The first kappa shape index (κ1) is 27.2. The average molecular weight is 522 g/mol. The number of alkyl halides is 3. The molecule has 0 saturated heterocycles. The average Bonchev–Trinajstić information content (AvgIpc) is 2.85. The number of pyridine rings is 1. The highest BCUT2D eigenvalue weighted by Gasteiger charge is 2.30. The number of nitrogens with zero attached hydrogens (tertiary/aromatic N) is 5. The number of amides is 2. The molecular formula is C25H27ClF3N5O2. The summed E-state index contributed by atoms with van der Waals surface area (Å²) in [5, 5.41) is 0.313. The van der Waals surface area contributed by atoms with E-state index in [1.54, 1.807) is 38.3 Å². The second-order valence-corrected chi connectivity index (χ2v) is 8.78. The zero-order chi connectivity index (χ0) is 26.5. The number of hydrogen-bond donors (Lipinski definition) is 0. The number of carbonyl (C=O) groups is 1. The molecule has 1 unspecified atom stereocenters. The SMILES string of the molecule is CCC(CCN(C)C(=O)N(C)C)Oc1cnc(-c2ccc(C(F)(F)F)cc2)c(-c2ccncc2Cl)n1. The Hall–Kier alpha value is -3.40. The fourth-order valence-electron chi connectivity index (χ4n) is 3.50. The number of benzene rings is 1. The molecule has 0 radical (unpaired) electrons. The van der Waals surface area contributed by atoms with E-state index in [9.17, 15) is 18.0 Å². The first-order valence-corrected chi connectivity index (χ1v) is 11.6. The van der Waals surface area contributed by atoms with Crippen molar-refractivity contribution >= 4 is 17.6 Å². The number of aromatic nitrogens is 3. The van der Waals surface area contributed by atoms with Gasteiger partial charge in [0.05, 0.1) is 22.5 Å². The predicted octanol–water partition coefficient (Wildman–Crippen LogP) is 6.04. The molecule has 3 rings (SSSR count). The molecule has 1 aromatic carbocycles. The summed E-state index contributed by atoms with van der Waals surface area (Å²) in [5.41, 5.74) is 0.916. The van der Waals surface area contributed by atoms with Gasteiger partial charge < -0.3 is 14.5 Å².